The molecule has 0 amide bonds. The van der Waals surface area contributed by atoms with Crippen LogP contribution in [-0.2, 0) is 13.1 Å². The van der Waals surface area contributed by atoms with Crippen molar-refractivity contribution in [3.05, 3.63) is 59.7 Å². The summed E-state index contributed by atoms with van der Waals surface area (Å²) in [4.78, 5) is 6.48. The van der Waals surface area contributed by atoms with Gasteiger partial charge in [-0.2, -0.15) is 4.98 Å². The summed E-state index contributed by atoms with van der Waals surface area (Å²) in [6.07, 6.45) is 1.59. The molecule has 0 N–H and O–H groups in total. The van der Waals surface area contributed by atoms with Crippen molar-refractivity contribution in [1.82, 2.24) is 15.0 Å². The molecule has 108 valence electrons. The second-order valence-corrected chi connectivity index (χ2v) is 5.09. The van der Waals surface area contributed by atoms with Gasteiger partial charge in [0.05, 0.1) is 12.8 Å². The van der Waals surface area contributed by atoms with Gasteiger partial charge in [-0.05, 0) is 37.2 Å². The Hall–Kier alpha value is -2.40. The predicted molar refractivity (Wildman–Crippen MR) is 78.4 cm³/mol. The fourth-order valence-corrected chi connectivity index (χ4v) is 2.19. The van der Waals surface area contributed by atoms with Crippen molar-refractivity contribution in [3.8, 4) is 11.6 Å². The van der Waals surface area contributed by atoms with Crippen LogP contribution < -0.4 is 0 Å². The molecule has 1 aromatic carbocycles. The Morgan fingerprint density at radius 3 is 2.71 bits per heavy atom. The van der Waals surface area contributed by atoms with Gasteiger partial charge in [0, 0.05) is 6.54 Å². The van der Waals surface area contributed by atoms with Crippen molar-refractivity contribution < 1.29 is 8.94 Å². The summed E-state index contributed by atoms with van der Waals surface area (Å²) in [6.45, 7) is 3.55. The summed E-state index contributed by atoms with van der Waals surface area (Å²) in [6, 6.07) is 12.0. The van der Waals surface area contributed by atoms with Crippen molar-refractivity contribution in [2.24, 2.45) is 0 Å². The van der Waals surface area contributed by atoms with E-state index >= 15 is 0 Å². The van der Waals surface area contributed by atoms with Gasteiger partial charge in [0.2, 0.25) is 11.7 Å². The van der Waals surface area contributed by atoms with Crippen molar-refractivity contribution >= 4 is 0 Å². The normalized spacial score (nSPS) is 11.2. The molecule has 3 rings (SSSR count). The zero-order valence-corrected chi connectivity index (χ0v) is 12.1. The first-order chi connectivity index (χ1) is 10.2. The van der Waals surface area contributed by atoms with Gasteiger partial charge in [-0.1, -0.05) is 29.4 Å². The zero-order chi connectivity index (χ0) is 14.7. The molecular formula is C16H17N3O2. The van der Waals surface area contributed by atoms with Gasteiger partial charge >= 0.3 is 0 Å². The van der Waals surface area contributed by atoms with Crippen LogP contribution in [0.4, 0.5) is 0 Å². The van der Waals surface area contributed by atoms with Crippen molar-refractivity contribution in [2.75, 3.05) is 7.05 Å². The van der Waals surface area contributed by atoms with E-state index in [2.05, 4.69) is 40.2 Å². The molecule has 0 bridgehead atoms. The van der Waals surface area contributed by atoms with E-state index in [-0.39, 0.29) is 0 Å². The molecule has 0 radical (unpaired) electrons. The summed E-state index contributed by atoms with van der Waals surface area (Å²) in [5.41, 5.74) is 2.58. The largest absolute Gasteiger partial charge is 0.461 e. The first kappa shape index (κ1) is 13.6. The van der Waals surface area contributed by atoms with E-state index in [0.717, 1.165) is 6.54 Å². The molecule has 0 spiro atoms. The number of benzene rings is 1. The van der Waals surface area contributed by atoms with Gasteiger partial charge in [0.15, 0.2) is 5.76 Å². The maximum atomic E-state index is 5.26. The van der Waals surface area contributed by atoms with Gasteiger partial charge in [-0.3, -0.25) is 4.90 Å². The van der Waals surface area contributed by atoms with E-state index in [1.807, 2.05) is 19.2 Å². The Bertz CT molecular complexity index is 704. The van der Waals surface area contributed by atoms with E-state index < -0.39 is 0 Å². The van der Waals surface area contributed by atoms with Gasteiger partial charge in [0.25, 0.3) is 0 Å². The second-order valence-electron chi connectivity index (χ2n) is 5.09. The first-order valence-electron chi connectivity index (χ1n) is 6.82. The molecule has 0 aliphatic rings. The van der Waals surface area contributed by atoms with Crippen molar-refractivity contribution in [1.29, 1.82) is 0 Å². The van der Waals surface area contributed by atoms with E-state index in [4.69, 9.17) is 8.94 Å². The third kappa shape index (κ3) is 3.20. The summed E-state index contributed by atoms with van der Waals surface area (Å²) in [7, 11) is 2.03. The molecule has 0 saturated heterocycles. The fourth-order valence-electron chi connectivity index (χ4n) is 2.19. The lowest BCUT2D eigenvalue weighted by Gasteiger charge is -2.15. The van der Waals surface area contributed by atoms with Crippen LogP contribution in [0.25, 0.3) is 11.6 Å². The van der Waals surface area contributed by atoms with Crippen LogP contribution in [0.1, 0.15) is 17.0 Å². The van der Waals surface area contributed by atoms with E-state index in [1.54, 1.807) is 12.3 Å². The van der Waals surface area contributed by atoms with Gasteiger partial charge in [0.1, 0.15) is 0 Å². The highest BCUT2D eigenvalue weighted by Gasteiger charge is 2.13. The number of nitrogens with zero attached hydrogens (tertiary/aromatic N) is 3. The Balaban J connectivity index is 1.65. The average molecular weight is 283 g/mol. The summed E-state index contributed by atoms with van der Waals surface area (Å²) in [5, 5.41) is 3.93. The number of furan rings is 1. The third-order valence-electron chi connectivity index (χ3n) is 3.32. The second kappa shape index (κ2) is 5.93. The average Bonchev–Trinajstić information content (AvgIpc) is 3.12. The molecule has 0 aliphatic carbocycles. The standard InChI is InChI=1S/C16H17N3O2/c1-12-6-3-4-7-13(12)10-19(2)11-15-17-16(18-21-15)14-8-5-9-20-14/h3-9H,10-11H2,1-2H3. The Kier molecular flexibility index (Phi) is 3.83. The maximum absolute atomic E-state index is 5.26. The quantitative estimate of drug-likeness (QED) is 0.719. The molecule has 2 aromatic heterocycles. The summed E-state index contributed by atoms with van der Waals surface area (Å²) >= 11 is 0. The van der Waals surface area contributed by atoms with E-state index in [9.17, 15) is 0 Å². The highest BCUT2D eigenvalue weighted by molar-refractivity contribution is 5.44. The zero-order valence-electron chi connectivity index (χ0n) is 12.1. The number of hydrogen-bond donors (Lipinski definition) is 0. The van der Waals surface area contributed by atoms with E-state index in [1.165, 1.54) is 11.1 Å². The highest BCUT2D eigenvalue weighted by Crippen LogP contribution is 2.17. The molecule has 0 unspecified atom stereocenters. The highest BCUT2D eigenvalue weighted by atomic mass is 16.5. The minimum absolute atomic E-state index is 0.485. The smallest absolute Gasteiger partial charge is 0.241 e. The lowest BCUT2D eigenvalue weighted by molar-refractivity contribution is 0.260. The summed E-state index contributed by atoms with van der Waals surface area (Å²) < 4.78 is 10.5. The topological polar surface area (TPSA) is 55.3 Å². The molecule has 0 aliphatic heterocycles. The molecule has 5 heteroatoms. The first-order valence-corrected chi connectivity index (χ1v) is 6.82. The molecule has 21 heavy (non-hydrogen) atoms. The van der Waals surface area contributed by atoms with Crippen LogP contribution in [0.15, 0.2) is 51.6 Å². The lowest BCUT2D eigenvalue weighted by Crippen LogP contribution is -2.18. The molecule has 2 heterocycles. The van der Waals surface area contributed by atoms with Crippen LogP contribution in [0, 0.1) is 6.92 Å². The van der Waals surface area contributed by atoms with Gasteiger partial charge < -0.3 is 8.94 Å². The molecule has 3 aromatic rings. The Morgan fingerprint density at radius 1 is 1.10 bits per heavy atom. The van der Waals surface area contributed by atoms with Crippen LogP contribution in [0.3, 0.4) is 0 Å². The number of aromatic nitrogens is 2. The monoisotopic (exact) mass is 283 g/mol. The number of aryl methyl sites for hydroxylation is 1. The molecule has 0 fully saturated rings. The molecular weight excluding hydrogens is 266 g/mol. The Morgan fingerprint density at radius 2 is 1.95 bits per heavy atom. The van der Waals surface area contributed by atoms with Crippen molar-refractivity contribution in [3.63, 3.8) is 0 Å². The predicted octanol–water partition coefficient (Wildman–Crippen LogP) is 3.27. The van der Waals surface area contributed by atoms with Crippen LogP contribution in [-0.4, -0.2) is 22.1 Å². The number of hydrogen-bond acceptors (Lipinski definition) is 5. The molecule has 0 saturated carbocycles. The van der Waals surface area contributed by atoms with Crippen LogP contribution >= 0.6 is 0 Å². The minimum atomic E-state index is 0.485. The van der Waals surface area contributed by atoms with Crippen LogP contribution in [0.2, 0.25) is 0 Å². The van der Waals surface area contributed by atoms with Crippen LogP contribution in [0.5, 0.6) is 0 Å². The van der Waals surface area contributed by atoms with E-state index in [0.29, 0.717) is 24.0 Å². The molecule has 5 nitrogen and oxygen atoms in total. The minimum Gasteiger partial charge on any atom is -0.461 e. The van der Waals surface area contributed by atoms with Gasteiger partial charge in [-0.15, -0.1) is 0 Å². The maximum Gasteiger partial charge on any atom is 0.241 e. The Labute approximate surface area is 123 Å². The SMILES string of the molecule is Cc1ccccc1CN(C)Cc1nc(-c2ccco2)no1. The van der Waals surface area contributed by atoms with Gasteiger partial charge in [-0.25, -0.2) is 0 Å². The number of rotatable bonds is 5. The third-order valence-corrected chi connectivity index (χ3v) is 3.32. The lowest BCUT2D eigenvalue weighted by atomic mass is 10.1. The fraction of sp³-hybridized carbons (Fsp3) is 0.250. The summed E-state index contributed by atoms with van der Waals surface area (Å²) in [5.74, 6) is 1.68. The molecule has 0 atom stereocenters. The van der Waals surface area contributed by atoms with Crippen molar-refractivity contribution in [2.45, 2.75) is 20.0 Å².